The van der Waals surface area contributed by atoms with Crippen LogP contribution >= 0.6 is 15.9 Å². The van der Waals surface area contributed by atoms with Crippen molar-refractivity contribution in [2.75, 3.05) is 7.05 Å². The summed E-state index contributed by atoms with van der Waals surface area (Å²) in [7, 11) is 2.01. The first-order valence-electron chi connectivity index (χ1n) is 7.58. The summed E-state index contributed by atoms with van der Waals surface area (Å²) in [6.45, 7) is 1.38. The molecule has 3 rings (SSSR count). The Morgan fingerprint density at radius 3 is 2.48 bits per heavy atom. The second-order valence-electron chi connectivity index (χ2n) is 5.69. The van der Waals surface area contributed by atoms with Crippen LogP contribution in [0.2, 0.25) is 0 Å². The molecule has 0 spiro atoms. The van der Waals surface area contributed by atoms with Crippen LogP contribution < -0.4 is 0 Å². The Balaban J connectivity index is 1.64. The van der Waals surface area contributed by atoms with E-state index in [0.717, 1.165) is 16.6 Å². The molecule has 8 heteroatoms. The Morgan fingerprint density at radius 1 is 1.16 bits per heavy atom. The third-order valence-corrected chi connectivity index (χ3v) is 4.15. The van der Waals surface area contributed by atoms with Gasteiger partial charge >= 0.3 is 0 Å². The zero-order valence-electron chi connectivity index (χ0n) is 13.5. The number of halogens is 1. The smallest absolute Gasteiger partial charge is 0.269 e. The molecule has 0 aliphatic rings. The van der Waals surface area contributed by atoms with Crippen molar-refractivity contribution in [3.05, 3.63) is 75.0 Å². The maximum Gasteiger partial charge on any atom is 0.269 e. The van der Waals surface area contributed by atoms with E-state index in [1.807, 2.05) is 19.2 Å². The van der Waals surface area contributed by atoms with Crippen LogP contribution in [-0.2, 0) is 13.2 Å². The zero-order valence-corrected chi connectivity index (χ0v) is 15.1. The maximum absolute atomic E-state index is 10.7. The molecule has 0 atom stereocenters. The largest absolute Gasteiger partial charge is 0.283 e. The van der Waals surface area contributed by atoms with Crippen molar-refractivity contribution >= 4 is 21.6 Å². The highest BCUT2D eigenvalue weighted by atomic mass is 79.9. The van der Waals surface area contributed by atoms with E-state index in [9.17, 15) is 10.1 Å². The minimum atomic E-state index is -0.424. The van der Waals surface area contributed by atoms with Gasteiger partial charge in [-0.1, -0.05) is 28.1 Å². The number of nitro benzene ring substituents is 1. The van der Waals surface area contributed by atoms with Gasteiger partial charge in [-0.2, -0.15) is 0 Å². The normalized spacial score (nSPS) is 11.0. The van der Waals surface area contributed by atoms with Gasteiger partial charge in [0, 0.05) is 28.7 Å². The van der Waals surface area contributed by atoms with Gasteiger partial charge < -0.3 is 0 Å². The van der Waals surface area contributed by atoms with Crippen molar-refractivity contribution in [2.24, 2.45) is 0 Å². The van der Waals surface area contributed by atoms with E-state index in [0.29, 0.717) is 12.5 Å². The lowest BCUT2D eigenvalue weighted by Gasteiger charge is -2.16. The highest BCUT2D eigenvalue weighted by molar-refractivity contribution is 9.10. The Labute approximate surface area is 153 Å². The molecule has 0 amide bonds. The highest BCUT2D eigenvalue weighted by Gasteiger charge is 2.09. The second kappa shape index (κ2) is 7.54. The molecule has 0 unspecified atom stereocenters. The summed E-state index contributed by atoms with van der Waals surface area (Å²) in [4.78, 5) is 16.7. The first kappa shape index (κ1) is 17.2. The average Bonchev–Trinajstić information content (AvgIpc) is 3.05. The molecule has 1 aromatic heterocycles. The minimum absolute atomic E-state index is 0.0532. The summed E-state index contributed by atoms with van der Waals surface area (Å²) in [5.74, 6) is 0.548. The van der Waals surface area contributed by atoms with Gasteiger partial charge in [-0.05, 0) is 36.9 Å². The van der Waals surface area contributed by atoms with E-state index in [1.54, 1.807) is 23.1 Å². The van der Waals surface area contributed by atoms with Crippen LogP contribution in [0.25, 0.3) is 11.4 Å². The van der Waals surface area contributed by atoms with Crippen LogP contribution in [0.15, 0.2) is 59.3 Å². The molecule has 1 heterocycles. The van der Waals surface area contributed by atoms with Crippen LogP contribution in [0.5, 0.6) is 0 Å². The lowest BCUT2D eigenvalue weighted by molar-refractivity contribution is -0.384. The third-order valence-electron chi connectivity index (χ3n) is 3.62. The van der Waals surface area contributed by atoms with Gasteiger partial charge in [-0.25, -0.2) is 9.67 Å². The predicted molar refractivity (Wildman–Crippen MR) is 97.7 cm³/mol. The van der Waals surface area contributed by atoms with Crippen molar-refractivity contribution in [1.29, 1.82) is 0 Å². The van der Waals surface area contributed by atoms with Crippen LogP contribution in [0.3, 0.4) is 0 Å². The van der Waals surface area contributed by atoms with Crippen molar-refractivity contribution in [1.82, 2.24) is 19.7 Å². The van der Waals surface area contributed by atoms with Crippen molar-refractivity contribution in [2.45, 2.75) is 13.2 Å². The number of benzene rings is 2. The third kappa shape index (κ3) is 4.49. The van der Waals surface area contributed by atoms with Crippen LogP contribution in [0.1, 0.15) is 5.56 Å². The molecule has 0 saturated heterocycles. The van der Waals surface area contributed by atoms with Gasteiger partial charge in [0.1, 0.15) is 6.33 Å². The van der Waals surface area contributed by atoms with E-state index in [-0.39, 0.29) is 5.69 Å². The number of aromatic nitrogens is 3. The Kier molecular flexibility index (Phi) is 5.20. The average molecular weight is 402 g/mol. The number of rotatable bonds is 6. The molecule has 7 nitrogen and oxygen atoms in total. The first-order chi connectivity index (χ1) is 12.0. The summed E-state index contributed by atoms with van der Waals surface area (Å²) in [6.07, 6.45) is 1.66. The lowest BCUT2D eigenvalue weighted by atomic mass is 10.2. The Morgan fingerprint density at radius 2 is 1.84 bits per heavy atom. The quantitative estimate of drug-likeness (QED) is 0.464. The number of nitro groups is 1. The Bertz CT molecular complexity index is 862. The molecule has 0 fully saturated rings. The van der Waals surface area contributed by atoms with Crippen LogP contribution in [0.4, 0.5) is 5.69 Å². The summed E-state index contributed by atoms with van der Waals surface area (Å²) < 4.78 is 2.80. The van der Waals surface area contributed by atoms with Crippen LogP contribution in [0, 0.1) is 10.1 Å². The molecule has 0 saturated carbocycles. The second-order valence-corrected chi connectivity index (χ2v) is 6.61. The fraction of sp³-hybridized carbons (Fsp3) is 0.176. The standard InChI is InChI=1S/C17H16BrN5O2/c1-21(10-13-2-6-15(18)7-3-13)12-22-11-19-17(20-22)14-4-8-16(9-5-14)23(24)25/h2-9,11H,10,12H2,1H3. The summed E-state index contributed by atoms with van der Waals surface area (Å²) in [5.41, 5.74) is 2.01. The number of hydrogen-bond acceptors (Lipinski definition) is 5. The molecule has 0 aliphatic carbocycles. The van der Waals surface area contributed by atoms with Crippen molar-refractivity contribution in [3.8, 4) is 11.4 Å². The van der Waals surface area contributed by atoms with E-state index < -0.39 is 4.92 Å². The maximum atomic E-state index is 10.7. The fourth-order valence-corrected chi connectivity index (χ4v) is 2.69. The molecule has 0 radical (unpaired) electrons. The van der Waals surface area contributed by atoms with E-state index in [1.165, 1.54) is 17.7 Å². The molecule has 3 aromatic rings. The van der Waals surface area contributed by atoms with Gasteiger partial charge in [0.25, 0.3) is 5.69 Å². The molecule has 25 heavy (non-hydrogen) atoms. The number of hydrogen-bond donors (Lipinski definition) is 0. The molecule has 0 N–H and O–H groups in total. The summed E-state index contributed by atoms with van der Waals surface area (Å²) in [6, 6.07) is 14.4. The molecule has 2 aromatic carbocycles. The molecule has 0 aliphatic heterocycles. The zero-order chi connectivity index (χ0) is 17.8. The number of non-ortho nitro benzene ring substituents is 1. The Hall–Kier alpha value is -2.58. The molecular weight excluding hydrogens is 386 g/mol. The van der Waals surface area contributed by atoms with Gasteiger partial charge in [0.05, 0.1) is 11.6 Å². The van der Waals surface area contributed by atoms with Gasteiger partial charge in [-0.15, -0.1) is 5.10 Å². The van der Waals surface area contributed by atoms with Gasteiger partial charge in [-0.3, -0.25) is 15.0 Å². The topological polar surface area (TPSA) is 77.1 Å². The van der Waals surface area contributed by atoms with E-state index >= 15 is 0 Å². The van der Waals surface area contributed by atoms with Gasteiger partial charge in [0.2, 0.25) is 0 Å². The monoisotopic (exact) mass is 401 g/mol. The molecule has 128 valence electrons. The van der Waals surface area contributed by atoms with Crippen molar-refractivity contribution in [3.63, 3.8) is 0 Å². The fourth-order valence-electron chi connectivity index (χ4n) is 2.43. The lowest BCUT2D eigenvalue weighted by Crippen LogP contribution is -2.21. The SMILES string of the molecule is CN(Cc1ccc(Br)cc1)Cn1cnc(-c2ccc([N+](=O)[O-])cc2)n1. The minimum Gasteiger partial charge on any atom is -0.283 e. The molecular formula is C17H16BrN5O2. The van der Waals surface area contributed by atoms with Gasteiger partial charge in [0.15, 0.2) is 5.82 Å². The van der Waals surface area contributed by atoms with E-state index in [2.05, 4.69) is 43.0 Å². The number of nitrogens with zero attached hydrogens (tertiary/aromatic N) is 5. The van der Waals surface area contributed by atoms with E-state index in [4.69, 9.17) is 0 Å². The summed E-state index contributed by atoms with van der Waals surface area (Å²) in [5, 5.41) is 15.1. The summed E-state index contributed by atoms with van der Waals surface area (Å²) >= 11 is 3.43. The predicted octanol–water partition coefficient (Wildman–Crippen LogP) is 3.71. The van der Waals surface area contributed by atoms with Crippen LogP contribution in [-0.4, -0.2) is 31.6 Å². The highest BCUT2D eigenvalue weighted by Crippen LogP contribution is 2.19. The molecule has 0 bridgehead atoms. The van der Waals surface area contributed by atoms with Crippen molar-refractivity contribution < 1.29 is 4.92 Å². The first-order valence-corrected chi connectivity index (χ1v) is 8.38.